The van der Waals surface area contributed by atoms with E-state index in [0.717, 1.165) is 17.8 Å². The zero-order chi connectivity index (χ0) is 27.8. The van der Waals surface area contributed by atoms with Crippen molar-refractivity contribution in [2.75, 3.05) is 6.61 Å². The molecule has 5 aliphatic rings. The molecule has 1 heterocycles. The molecule has 0 radical (unpaired) electrons. The van der Waals surface area contributed by atoms with E-state index in [1.165, 1.54) is 19.1 Å². The number of fused-ring (bicyclic) bond motifs is 5. The van der Waals surface area contributed by atoms with Crippen molar-refractivity contribution < 1.29 is 42.5 Å². The van der Waals surface area contributed by atoms with E-state index in [1.54, 1.807) is 20.8 Å². The number of esters is 2. The van der Waals surface area contributed by atoms with Gasteiger partial charge in [-0.25, -0.2) is 8.78 Å². The van der Waals surface area contributed by atoms with Gasteiger partial charge < -0.3 is 14.6 Å². The quantitative estimate of drug-likeness (QED) is 0.525. The SMILES string of the molecule is CCC(=O)OC1(C(=O)S[C@H]2CCOC2=O)C(C)C[C@H]2[C@@H]3CC(F)C4=CC(=O)C=C[C@]4(C)C3(F)C(O)C[C@@]21C. The van der Waals surface area contributed by atoms with Gasteiger partial charge in [0.2, 0.25) is 5.12 Å². The maximum atomic E-state index is 17.4. The van der Waals surface area contributed by atoms with Crippen LogP contribution in [0.2, 0.25) is 0 Å². The molecule has 5 unspecified atom stereocenters. The number of cyclic esters (lactones) is 1. The molecule has 0 bridgehead atoms. The summed E-state index contributed by atoms with van der Waals surface area (Å²) in [6.07, 6.45) is 0.586. The van der Waals surface area contributed by atoms with Crippen LogP contribution in [0.15, 0.2) is 23.8 Å². The van der Waals surface area contributed by atoms with Crippen LogP contribution in [-0.4, -0.2) is 63.3 Å². The maximum absolute atomic E-state index is 17.4. The van der Waals surface area contributed by atoms with Crippen molar-refractivity contribution in [3.05, 3.63) is 23.8 Å². The minimum absolute atomic E-state index is 0.00469. The lowest BCUT2D eigenvalue weighted by molar-refractivity contribution is -0.228. The molecule has 0 amide bonds. The van der Waals surface area contributed by atoms with Crippen molar-refractivity contribution in [3.63, 3.8) is 0 Å². The van der Waals surface area contributed by atoms with Gasteiger partial charge in [-0.1, -0.05) is 38.6 Å². The third-order valence-electron chi connectivity index (χ3n) is 10.2. The zero-order valence-electron chi connectivity index (χ0n) is 22.0. The smallest absolute Gasteiger partial charge is 0.319 e. The highest BCUT2D eigenvalue weighted by Gasteiger charge is 2.78. The lowest BCUT2D eigenvalue weighted by Crippen LogP contribution is -2.70. The summed E-state index contributed by atoms with van der Waals surface area (Å²) in [6.45, 7) is 6.78. The largest absolute Gasteiger partial charge is 0.465 e. The van der Waals surface area contributed by atoms with Crippen LogP contribution in [0, 0.1) is 28.6 Å². The fourth-order valence-electron chi connectivity index (χ4n) is 8.27. The molecule has 0 spiro atoms. The molecule has 0 aromatic rings. The van der Waals surface area contributed by atoms with Gasteiger partial charge in [0.25, 0.3) is 0 Å². The number of allylic oxidation sites excluding steroid dienone is 4. The van der Waals surface area contributed by atoms with E-state index in [4.69, 9.17) is 9.47 Å². The van der Waals surface area contributed by atoms with Crippen LogP contribution in [-0.2, 0) is 28.7 Å². The number of carbonyl (C=O) groups excluding carboxylic acids is 4. The Labute approximate surface area is 224 Å². The van der Waals surface area contributed by atoms with Crippen molar-refractivity contribution in [2.45, 2.75) is 88.6 Å². The molecule has 1 N–H and O–H groups in total. The normalized spacial score (nSPS) is 47.5. The first-order chi connectivity index (χ1) is 17.8. The number of carbonyl (C=O) groups is 4. The number of aliphatic hydroxyl groups is 1. The summed E-state index contributed by atoms with van der Waals surface area (Å²) in [7, 11) is 0. The Kier molecular flexibility index (Phi) is 6.50. The van der Waals surface area contributed by atoms with Crippen LogP contribution in [0.5, 0.6) is 0 Å². The predicted molar refractivity (Wildman–Crippen MR) is 134 cm³/mol. The Morgan fingerprint density at radius 3 is 2.58 bits per heavy atom. The first-order valence-electron chi connectivity index (χ1n) is 13.3. The molecule has 1 saturated heterocycles. The number of ketones is 1. The van der Waals surface area contributed by atoms with Crippen molar-refractivity contribution >= 4 is 34.6 Å². The van der Waals surface area contributed by atoms with Crippen LogP contribution in [0.3, 0.4) is 0 Å². The fourth-order valence-corrected chi connectivity index (χ4v) is 9.56. The highest BCUT2D eigenvalue weighted by Crippen LogP contribution is 2.72. The van der Waals surface area contributed by atoms with E-state index in [-0.39, 0.29) is 37.9 Å². The summed E-state index contributed by atoms with van der Waals surface area (Å²) in [6, 6.07) is 0. The van der Waals surface area contributed by atoms with E-state index in [0.29, 0.717) is 6.42 Å². The average molecular weight is 553 g/mol. The second kappa shape index (κ2) is 8.98. The fraction of sp³-hybridized carbons (Fsp3) is 0.714. The zero-order valence-corrected chi connectivity index (χ0v) is 22.8. The van der Waals surface area contributed by atoms with Gasteiger partial charge in [0, 0.05) is 35.5 Å². The van der Waals surface area contributed by atoms with Gasteiger partial charge in [-0.15, -0.1) is 0 Å². The molecule has 10 atom stereocenters. The van der Waals surface area contributed by atoms with Crippen molar-refractivity contribution in [1.82, 2.24) is 0 Å². The van der Waals surface area contributed by atoms with Crippen LogP contribution in [0.4, 0.5) is 8.78 Å². The minimum atomic E-state index is -2.31. The van der Waals surface area contributed by atoms with Gasteiger partial charge >= 0.3 is 11.9 Å². The van der Waals surface area contributed by atoms with E-state index in [9.17, 15) is 24.3 Å². The highest BCUT2D eigenvalue weighted by atomic mass is 32.2. The molecule has 4 fully saturated rings. The summed E-state index contributed by atoms with van der Waals surface area (Å²) in [4.78, 5) is 51.1. The first kappa shape index (κ1) is 27.5. The highest BCUT2D eigenvalue weighted by molar-refractivity contribution is 8.14. The molecule has 10 heteroatoms. The Bertz CT molecular complexity index is 1150. The topological polar surface area (TPSA) is 107 Å². The number of ether oxygens (including phenoxy) is 2. The summed E-state index contributed by atoms with van der Waals surface area (Å²) in [5.74, 6) is -3.76. The molecule has 38 heavy (non-hydrogen) atoms. The Hall–Kier alpha value is -2.07. The third kappa shape index (κ3) is 3.41. The average Bonchev–Trinajstić information content (AvgIpc) is 3.35. The number of hydrogen-bond acceptors (Lipinski definition) is 8. The molecule has 1 aliphatic heterocycles. The summed E-state index contributed by atoms with van der Waals surface area (Å²) in [5, 5.41) is 10.3. The second-order valence-electron chi connectivity index (χ2n) is 11.9. The van der Waals surface area contributed by atoms with Gasteiger partial charge in [-0.2, -0.15) is 0 Å². The molecule has 0 aromatic heterocycles. The van der Waals surface area contributed by atoms with Gasteiger partial charge in [-0.3, -0.25) is 19.2 Å². The Morgan fingerprint density at radius 2 is 1.95 bits per heavy atom. The van der Waals surface area contributed by atoms with E-state index in [2.05, 4.69) is 0 Å². The standard InChI is InChI=1S/C28H34F2O7S/c1-5-22(33)37-28(24(35)38-20-7-9-36-23(20)34)14(2)10-16-17-12-19(29)18-11-15(31)6-8-25(18,3)27(17,30)21(32)13-26(16,28)4/h6,8,11,14,16-17,19-21,32H,5,7,9-10,12-13H2,1-4H3/t14?,16-,17-,19?,20-,21?,25-,26-,27?,28?/m0/s1. The van der Waals surface area contributed by atoms with E-state index >= 15 is 8.78 Å². The Morgan fingerprint density at radius 1 is 1.24 bits per heavy atom. The summed E-state index contributed by atoms with van der Waals surface area (Å²) < 4.78 is 44.2. The van der Waals surface area contributed by atoms with Gasteiger partial charge in [0.15, 0.2) is 17.1 Å². The third-order valence-corrected chi connectivity index (χ3v) is 11.4. The van der Waals surface area contributed by atoms with Gasteiger partial charge in [0.1, 0.15) is 11.4 Å². The molecule has 5 rings (SSSR count). The summed E-state index contributed by atoms with van der Waals surface area (Å²) in [5.41, 5.74) is -6.81. The maximum Gasteiger partial charge on any atom is 0.319 e. The number of aliphatic hydroxyl groups excluding tert-OH is 1. The van der Waals surface area contributed by atoms with Gasteiger partial charge in [-0.05, 0) is 49.8 Å². The first-order valence-corrected chi connectivity index (χ1v) is 14.2. The van der Waals surface area contributed by atoms with Crippen LogP contribution in [0.1, 0.15) is 59.8 Å². The van der Waals surface area contributed by atoms with Crippen LogP contribution < -0.4 is 0 Å². The number of hydrogen-bond donors (Lipinski definition) is 1. The van der Waals surface area contributed by atoms with Crippen LogP contribution >= 0.6 is 11.8 Å². The molecular formula is C28H34F2O7S. The predicted octanol–water partition coefficient (Wildman–Crippen LogP) is 3.82. The Balaban J connectivity index is 1.61. The summed E-state index contributed by atoms with van der Waals surface area (Å²) >= 11 is 0.772. The van der Waals surface area contributed by atoms with Gasteiger partial charge in [0.05, 0.1) is 12.7 Å². The van der Waals surface area contributed by atoms with Crippen molar-refractivity contribution in [1.29, 1.82) is 0 Å². The lowest BCUT2D eigenvalue weighted by atomic mass is 9.44. The number of halogens is 2. The number of alkyl halides is 2. The molecule has 208 valence electrons. The molecule has 4 aliphatic carbocycles. The molecular weight excluding hydrogens is 518 g/mol. The van der Waals surface area contributed by atoms with E-state index < -0.39 is 80.2 Å². The lowest BCUT2D eigenvalue weighted by Gasteiger charge is -2.63. The monoisotopic (exact) mass is 552 g/mol. The number of thioether (sulfide) groups is 1. The van der Waals surface area contributed by atoms with Crippen molar-refractivity contribution in [3.8, 4) is 0 Å². The van der Waals surface area contributed by atoms with Crippen LogP contribution in [0.25, 0.3) is 0 Å². The molecule has 3 saturated carbocycles. The second-order valence-corrected chi connectivity index (χ2v) is 13.1. The van der Waals surface area contributed by atoms with Crippen molar-refractivity contribution in [2.24, 2.45) is 28.6 Å². The molecule has 0 aromatic carbocycles. The number of rotatable bonds is 4. The molecule has 7 nitrogen and oxygen atoms in total. The van der Waals surface area contributed by atoms with E-state index in [1.807, 2.05) is 0 Å². The minimum Gasteiger partial charge on any atom is -0.465 e.